The summed E-state index contributed by atoms with van der Waals surface area (Å²) in [6, 6.07) is 8.49. The van der Waals surface area contributed by atoms with Crippen molar-refractivity contribution in [1.82, 2.24) is 15.0 Å². The van der Waals surface area contributed by atoms with Gasteiger partial charge in [-0.05, 0) is 6.07 Å². The molecule has 0 aliphatic carbocycles. The van der Waals surface area contributed by atoms with Crippen LogP contribution >= 0.6 is 11.3 Å². The number of aromatic nitrogens is 3. The Morgan fingerprint density at radius 3 is 2.36 bits per heavy atom. The molecular weight excluding hydrogens is 397 g/mol. The summed E-state index contributed by atoms with van der Waals surface area (Å²) in [5.74, 6) is 0.956. The second-order valence-electron chi connectivity index (χ2n) is 5.33. The molecule has 0 saturated heterocycles. The Morgan fingerprint density at radius 2 is 1.75 bits per heavy atom. The van der Waals surface area contributed by atoms with Crippen molar-refractivity contribution in [1.29, 1.82) is 0 Å². The van der Waals surface area contributed by atoms with Crippen LogP contribution in [-0.4, -0.2) is 29.2 Å². The first kappa shape index (κ1) is 19.7. The Morgan fingerprint density at radius 1 is 1.07 bits per heavy atom. The highest BCUT2D eigenvalue weighted by Gasteiger charge is 2.33. The number of alkyl halides is 3. The molecule has 0 aliphatic rings. The number of hydrogen-bond acceptors (Lipinski definition) is 8. The molecule has 0 spiro atoms. The normalized spacial score (nSPS) is 11.2. The molecule has 0 saturated carbocycles. The van der Waals surface area contributed by atoms with Crippen molar-refractivity contribution in [3.8, 4) is 23.5 Å². The van der Waals surface area contributed by atoms with Crippen molar-refractivity contribution in [3.63, 3.8) is 0 Å². The fourth-order valence-electron chi connectivity index (χ4n) is 2.14. The number of anilines is 1. The van der Waals surface area contributed by atoms with E-state index >= 15 is 0 Å². The molecule has 0 fully saturated rings. The molecule has 0 radical (unpaired) electrons. The van der Waals surface area contributed by atoms with Gasteiger partial charge in [-0.3, -0.25) is 0 Å². The molecule has 2 aromatic heterocycles. The van der Waals surface area contributed by atoms with Crippen molar-refractivity contribution in [2.75, 3.05) is 19.5 Å². The van der Waals surface area contributed by atoms with Gasteiger partial charge in [-0.1, -0.05) is 29.5 Å². The minimum absolute atomic E-state index is 0.0113. The average Bonchev–Trinajstić information content (AvgIpc) is 3.16. The largest absolute Gasteiger partial charge is 0.481 e. The molecule has 28 heavy (non-hydrogen) atoms. The summed E-state index contributed by atoms with van der Waals surface area (Å²) in [6.07, 6.45) is -3.62. The van der Waals surface area contributed by atoms with Crippen molar-refractivity contribution < 1.29 is 27.4 Å². The van der Waals surface area contributed by atoms with E-state index in [4.69, 9.17) is 14.2 Å². The molecule has 3 aromatic rings. The number of benzene rings is 1. The Kier molecular flexibility index (Phi) is 5.83. The molecule has 3 rings (SSSR count). The number of nitrogens with one attached hydrogen (secondary N) is 1. The minimum Gasteiger partial charge on any atom is -0.481 e. The lowest BCUT2D eigenvalue weighted by Crippen LogP contribution is -2.03. The van der Waals surface area contributed by atoms with Gasteiger partial charge in [0.2, 0.25) is 11.8 Å². The first-order valence-electron chi connectivity index (χ1n) is 7.88. The maximum absolute atomic E-state index is 12.7. The van der Waals surface area contributed by atoms with Crippen LogP contribution in [-0.2, 0) is 12.7 Å². The molecule has 1 aromatic carbocycles. The van der Waals surface area contributed by atoms with Crippen molar-refractivity contribution in [3.05, 3.63) is 47.0 Å². The summed E-state index contributed by atoms with van der Waals surface area (Å²) >= 11 is 0.533. The molecule has 0 amide bonds. The molecule has 0 bridgehead atoms. The van der Waals surface area contributed by atoms with Crippen LogP contribution < -0.4 is 19.5 Å². The molecule has 0 atom stereocenters. The Balaban J connectivity index is 1.76. The molecule has 148 valence electrons. The van der Waals surface area contributed by atoms with Gasteiger partial charge in [-0.25, -0.2) is 4.98 Å². The quantitative estimate of drug-likeness (QED) is 0.617. The molecule has 1 N–H and O–H groups in total. The third kappa shape index (κ3) is 4.80. The zero-order valence-corrected chi connectivity index (χ0v) is 15.6. The van der Waals surface area contributed by atoms with Crippen LogP contribution in [0.5, 0.6) is 23.5 Å². The number of thiazole rings is 1. The summed E-state index contributed by atoms with van der Waals surface area (Å²) in [4.78, 5) is 11.2. The molecule has 0 aliphatic heterocycles. The number of hydrogen-bond donors (Lipinski definition) is 1. The van der Waals surface area contributed by atoms with E-state index in [0.29, 0.717) is 22.6 Å². The van der Waals surface area contributed by atoms with Crippen LogP contribution in [0, 0.1) is 0 Å². The second-order valence-corrected chi connectivity index (χ2v) is 6.36. The van der Waals surface area contributed by atoms with Crippen molar-refractivity contribution >= 4 is 16.5 Å². The number of halogens is 3. The van der Waals surface area contributed by atoms with Crippen LogP contribution in [0.25, 0.3) is 0 Å². The molecular formula is C17H15F3N4O3S. The zero-order valence-electron chi connectivity index (χ0n) is 14.8. The highest BCUT2D eigenvalue weighted by molar-refractivity contribution is 7.15. The fourth-order valence-corrected chi connectivity index (χ4v) is 2.82. The lowest BCUT2D eigenvalue weighted by Gasteiger charge is -2.11. The van der Waals surface area contributed by atoms with Gasteiger partial charge in [0.15, 0.2) is 5.13 Å². The van der Waals surface area contributed by atoms with Crippen LogP contribution in [0.1, 0.15) is 10.4 Å². The Bertz CT molecular complexity index is 927. The van der Waals surface area contributed by atoms with E-state index in [1.165, 1.54) is 20.3 Å². The second kappa shape index (κ2) is 8.30. The summed E-state index contributed by atoms with van der Waals surface area (Å²) in [5, 5.41) is 3.02. The van der Waals surface area contributed by atoms with Crippen LogP contribution in [0.15, 0.2) is 36.5 Å². The first-order valence-corrected chi connectivity index (χ1v) is 8.70. The molecule has 11 heteroatoms. The van der Waals surface area contributed by atoms with Gasteiger partial charge < -0.3 is 19.5 Å². The van der Waals surface area contributed by atoms with Gasteiger partial charge in [-0.15, -0.1) is 0 Å². The Labute approximate surface area is 162 Å². The van der Waals surface area contributed by atoms with Gasteiger partial charge >= 0.3 is 12.2 Å². The highest BCUT2D eigenvalue weighted by Crippen LogP contribution is 2.35. The predicted molar refractivity (Wildman–Crippen MR) is 96.1 cm³/mol. The zero-order chi connectivity index (χ0) is 20.1. The topological polar surface area (TPSA) is 78.4 Å². The van der Waals surface area contributed by atoms with E-state index in [0.717, 1.165) is 6.20 Å². The summed E-state index contributed by atoms with van der Waals surface area (Å²) in [7, 11) is 2.90. The highest BCUT2D eigenvalue weighted by atomic mass is 32.1. The number of rotatable bonds is 7. The van der Waals surface area contributed by atoms with E-state index in [1.807, 2.05) is 0 Å². The van der Waals surface area contributed by atoms with Crippen molar-refractivity contribution in [2.24, 2.45) is 0 Å². The van der Waals surface area contributed by atoms with Crippen molar-refractivity contribution in [2.45, 2.75) is 12.7 Å². The average molecular weight is 412 g/mol. The van der Waals surface area contributed by atoms with Gasteiger partial charge in [0.05, 0.1) is 26.5 Å². The first-order chi connectivity index (χ1) is 13.4. The number of para-hydroxylation sites is 1. The van der Waals surface area contributed by atoms with Gasteiger partial charge in [0, 0.05) is 12.1 Å². The van der Waals surface area contributed by atoms with E-state index in [9.17, 15) is 13.2 Å². The maximum atomic E-state index is 12.7. The van der Waals surface area contributed by atoms with Gasteiger partial charge in [0.1, 0.15) is 10.6 Å². The third-order valence-corrected chi connectivity index (χ3v) is 4.47. The van der Waals surface area contributed by atoms with E-state index < -0.39 is 11.1 Å². The number of nitrogens with zero attached hydrogens (tertiary/aromatic N) is 3. The lowest BCUT2D eigenvalue weighted by atomic mass is 10.2. The lowest BCUT2D eigenvalue weighted by molar-refractivity contribution is -0.134. The summed E-state index contributed by atoms with van der Waals surface area (Å²) < 4.78 is 53.9. The minimum atomic E-state index is -4.42. The third-order valence-electron chi connectivity index (χ3n) is 3.47. The van der Waals surface area contributed by atoms with Gasteiger partial charge in [0.25, 0.3) is 0 Å². The predicted octanol–water partition coefficient (Wildman–Crippen LogP) is 4.37. The van der Waals surface area contributed by atoms with Crippen LogP contribution in [0.4, 0.5) is 18.3 Å². The monoisotopic (exact) mass is 412 g/mol. The SMILES string of the molecule is COc1cc(OC)nc(Oc2ccccc2CNc2ncc(C(F)(F)F)s2)n1. The Hall–Kier alpha value is -3.08. The standard InChI is InChI=1S/C17H15F3N4O3S/c1-25-13-7-14(26-2)24-15(23-13)27-11-6-4-3-5-10(11)8-21-16-22-9-12(28-16)17(18,19)20/h3-7,9H,8H2,1-2H3,(H,21,22). The number of ether oxygens (including phenoxy) is 3. The van der Waals surface area contributed by atoms with Crippen LogP contribution in [0.3, 0.4) is 0 Å². The summed E-state index contributed by atoms with van der Waals surface area (Å²) in [5.41, 5.74) is 0.677. The molecule has 2 heterocycles. The summed E-state index contributed by atoms with van der Waals surface area (Å²) in [6.45, 7) is 0.197. The molecule has 7 nitrogen and oxygen atoms in total. The van der Waals surface area contributed by atoms with E-state index in [1.54, 1.807) is 24.3 Å². The maximum Gasteiger partial charge on any atom is 0.427 e. The van der Waals surface area contributed by atoms with E-state index in [-0.39, 0.29) is 29.4 Å². The van der Waals surface area contributed by atoms with Gasteiger partial charge in [-0.2, -0.15) is 23.1 Å². The fraction of sp³-hybridized carbons (Fsp3) is 0.235. The smallest absolute Gasteiger partial charge is 0.427 e. The van der Waals surface area contributed by atoms with E-state index in [2.05, 4.69) is 20.3 Å². The number of methoxy groups -OCH3 is 2. The molecule has 0 unspecified atom stereocenters. The van der Waals surface area contributed by atoms with Crippen LogP contribution in [0.2, 0.25) is 0 Å².